The number of hydrogen-bond acceptors (Lipinski definition) is 4. The van der Waals surface area contributed by atoms with Gasteiger partial charge in [0.2, 0.25) is 0 Å². The van der Waals surface area contributed by atoms with Gasteiger partial charge in [0.15, 0.2) is 0 Å². The molecule has 0 fully saturated rings. The Balaban J connectivity index is 2.38. The second-order valence-corrected chi connectivity index (χ2v) is 4.65. The molecule has 1 aromatic heterocycles. The van der Waals surface area contributed by atoms with Crippen LogP contribution >= 0.6 is 0 Å². The first-order chi connectivity index (χ1) is 8.97. The van der Waals surface area contributed by atoms with Crippen molar-refractivity contribution < 1.29 is 4.92 Å². The lowest BCUT2D eigenvalue weighted by atomic mass is 10.1. The lowest BCUT2D eigenvalue weighted by Gasteiger charge is -2.00. The fourth-order valence-electron chi connectivity index (χ4n) is 1.97. The molecular formula is C13H16N4O2. The number of nitrogens with two attached hydrogens (primary N) is 1. The first-order valence-electron chi connectivity index (χ1n) is 6.03. The molecule has 1 unspecified atom stereocenters. The topological polar surface area (TPSA) is 97.8 Å². The van der Waals surface area contributed by atoms with E-state index in [-0.39, 0.29) is 11.7 Å². The van der Waals surface area contributed by atoms with Crippen LogP contribution < -0.4 is 5.73 Å². The molecule has 0 saturated carbocycles. The SMILES string of the molecule is Cc1[nH]c(CC(C)N)nc1-c1cccc([N+](=O)[O-])c1. The van der Waals surface area contributed by atoms with Gasteiger partial charge >= 0.3 is 0 Å². The Morgan fingerprint density at radius 1 is 1.53 bits per heavy atom. The minimum absolute atomic E-state index is 0.0171. The van der Waals surface area contributed by atoms with Gasteiger partial charge in [-0.15, -0.1) is 0 Å². The van der Waals surface area contributed by atoms with Gasteiger partial charge in [-0.05, 0) is 13.8 Å². The lowest BCUT2D eigenvalue weighted by molar-refractivity contribution is -0.384. The average molecular weight is 260 g/mol. The molecule has 0 bridgehead atoms. The van der Waals surface area contributed by atoms with Crippen molar-refractivity contribution >= 4 is 5.69 Å². The van der Waals surface area contributed by atoms with Crippen LogP contribution in [0.25, 0.3) is 11.3 Å². The number of benzene rings is 1. The molecule has 19 heavy (non-hydrogen) atoms. The van der Waals surface area contributed by atoms with Crippen molar-refractivity contribution in [2.75, 3.05) is 0 Å². The molecule has 2 aromatic rings. The maximum atomic E-state index is 10.8. The maximum absolute atomic E-state index is 10.8. The predicted molar refractivity (Wildman–Crippen MR) is 72.8 cm³/mol. The Hall–Kier alpha value is -2.21. The summed E-state index contributed by atoms with van der Waals surface area (Å²) in [7, 11) is 0. The minimum atomic E-state index is -0.408. The van der Waals surface area contributed by atoms with E-state index in [2.05, 4.69) is 9.97 Å². The van der Waals surface area contributed by atoms with Gasteiger partial charge in [-0.1, -0.05) is 12.1 Å². The van der Waals surface area contributed by atoms with E-state index in [1.54, 1.807) is 6.07 Å². The summed E-state index contributed by atoms with van der Waals surface area (Å²) >= 11 is 0. The van der Waals surface area contributed by atoms with Gasteiger partial charge in [0.1, 0.15) is 5.82 Å². The van der Waals surface area contributed by atoms with E-state index >= 15 is 0 Å². The standard InChI is InChI=1S/C13H16N4O2/c1-8(14)6-12-15-9(2)13(16-12)10-4-3-5-11(7-10)17(18)19/h3-5,7-8H,6,14H2,1-2H3,(H,15,16). The lowest BCUT2D eigenvalue weighted by Crippen LogP contribution is -2.18. The molecule has 0 radical (unpaired) electrons. The fourth-order valence-corrected chi connectivity index (χ4v) is 1.97. The van der Waals surface area contributed by atoms with Crippen LogP contribution in [-0.2, 0) is 6.42 Å². The number of nitro groups is 1. The Labute approximate surface area is 110 Å². The number of H-pyrrole nitrogens is 1. The molecule has 2 rings (SSSR count). The summed E-state index contributed by atoms with van der Waals surface area (Å²) < 4.78 is 0. The van der Waals surface area contributed by atoms with Crippen molar-refractivity contribution in [1.29, 1.82) is 0 Å². The van der Waals surface area contributed by atoms with Crippen LogP contribution in [0.2, 0.25) is 0 Å². The highest BCUT2D eigenvalue weighted by Crippen LogP contribution is 2.25. The molecule has 0 aliphatic rings. The number of aryl methyl sites for hydroxylation is 1. The quantitative estimate of drug-likeness (QED) is 0.650. The molecule has 1 heterocycles. The summed E-state index contributed by atoms with van der Waals surface area (Å²) in [6.45, 7) is 3.80. The van der Waals surface area contributed by atoms with Crippen LogP contribution in [0.1, 0.15) is 18.4 Å². The van der Waals surface area contributed by atoms with Gasteiger partial charge < -0.3 is 10.7 Å². The molecule has 100 valence electrons. The Kier molecular flexibility index (Phi) is 3.62. The van der Waals surface area contributed by atoms with E-state index < -0.39 is 4.92 Å². The third-order valence-corrected chi connectivity index (χ3v) is 2.78. The largest absolute Gasteiger partial charge is 0.346 e. The van der Waals surface area contributed by atoms with Gasteiger partial charge in [0, 0.05) is 35.9 Å². The zero-order chi connectivity index (χ0) is 14.0. The number of imidazole rings is 1. The highest BCUT2D eigenvalue weighted by molar-refractivity contribution is 5.64. The van der Waals surface area contributed by atoms with Crippen LogP contribution in [0.4, 0.5) is 5.69 Å². The van der Waals surface area contributed by atoms with Crippen molar-refractivity contribution in [2.45, 2.75) is 26.3 Å². The zero-order valence-electron chi connectivity index (χ0n) is 10.9. The molecular weight excluding hydrogens is 244 g/mol. The van der Waals surface area contributed by atoms with Crippen LogP contribution in [0, 0.1) is 17.0 Å². The number of nitrogens with one attached hydrogen (secondary N) is 1. The van der Waals surface area contributed by atoms with E-state index in [1.807, 2.05) is 19.9 Å². The van der Waals surface area contributed by atoms with Crippen LogP contribution in [-0.4, -0.2) is 20.9 Å². The van der Waals surface area contributed by atoms with Crippen molar-refractivity contribution in [1.82, 2.24) is 9.97 Å². The molecule has 1 atom stereocenters. The minimum Gasteiger partial charge on any atom is -0.346 e. The van der Waals surface area contributed by atoms with Gasteiger partial charge in [-0.25, -0.2) is 4.98 Å². The maximum Gasteiger partial charge on any atom is 0.270 e. The summed E-state index contributed by atoms with van der Waals surface area (Å²) in [5.41, 5.74) is 8.16. The van der Waals surface area contributed by atoms with Gasteiger partial charge in [-0.3, -0.25) is 10.1 Å². The number of aromatic amines is 1. The molecule has 0 aliphatic carbocycles. The second-order valence-electron chi connectivity index (χ2n) is 4.65. The number of non-ortho nitro benzene ring substituents is 1. The summed E-state index contributed by atoms with van der Waals surface area (Å²) in [4.78, 5) is 18.0. The highest BCUT2D eigenvalue weighted by atomic mass is 16.6. The van der Waals surface area contributed by atoms with E-state index in [0.717, 1.165) is 22.8 Å². The smallest absolute Gasteiger partial charge is 0.270 e. The predicted octanol–water partition coefficient (Wildman–Crippen LogP) is 2.18. The third-order valence-electron chi connectivity index (χ3n) is 2.78. The Morgan fingerprint density at radius 3 is 2.89 bits per heavy atom. The zero-order valence-corrected chi connectivity index (χ0v) is 10.9. The van der Waals surface area contributed by atoms with Crippen molar-refractivity contribution in [3.63, 3.8) is 0 Å². The summed E-state index contributed by atoms with van der Waals surface area (Å²) in [6, 6.07) is 6.48. The molecule has 6 nitrogen and oxygen atoms in total. The van der Waals surface area contributed by atoms with Gasteiger partial charge in [-0.2, -0.15) is 0 Å². The fraction of sp³-hybridized carbons (Fsp3) is 0.308. The van der Waals surface area contributed by atoms with Gasteiger partial charge in [0.25, 0.3) is 5.69 Å². The normalized spacial score (nSPS) is 12.4. The number of rotatable bonds is 4. The Morgan fingerprint density at radius 2 is 2.26 bits per heavy atom. The Bertz CT molecular complexity index is 604. The number of nitro benzene ring substituents is 1. The number of hydrogen-bond donors (Lipinski definition) is 2. The summed E-state index contributed by atoms with van der Waals surface area (Å²) in [5.74, 6) is 0.800. The molecule has 0 spiro atoms. The first-order valence-corrected chi connectivity index (χ1v) is 6.03. The van der Waals surface area contributed by atoms with Crippen LogP contribution in [0.3, 0.4) is 0 Å². The van der Waals surface area contributed by atoms with E-state index in [4.69, 9.17) is 5.73 Å². The number of nitrogens with zero attached hydrogens (tertiary/aromatic N) is 2. The molecule has 6 heteroatoms. The van der Waals surface area contributed by atoms with Crippen molar-refractivity contribution in [2.24, 2.45) is 5.73 Å². The van der Waals surface area contributed by atoms with Crippen LogP contribution in [0.15, 0.2) is 24.3 Å². The van der Waals surface area contributed by atoms with Crippen molar-refractivity contribution in [3.05, 3.63) is 45.9 Å². The molecule has 3 N–H and O–H groups in total. The highest BCUT2D eigenvalue weighted by Gasteiger charge is 2.13. The van der Waals surface area contributed by atoms with E-state index in [9.17, 15) is 10.1 Å². The van der Waals surface area contributed by atoms with Crippen molar-refractivity contribution in [3.8, 4) is 11.3 Å². The molecule has 1 aromatic carbocycles. The van der Waals surface area contributed by atoms with Crippen LogP contribution in [0.5, 0.6) is 0 Å². The monoisotopic (exact) mass is 260 g/mol. The molecule has 0 saturated heterocycles. The van der Waals surface area contributed by atoms with E-state index in [1.165, 1.54) is 12.1 Å². The molecule has 0 amide bonds. The van der Waals surface area contributed by atoms with E-state index in [0.29, 0.717) is 6.42 Å². The van der Waals surface area contributed by atoms with Gasteiger partial charge in [0.05, 0.1) is 10.6 Å². The third kappa shape index (κ3) is 2.97. The average Bonchev–Trinajstić information content (AvgIpc) is 2.69. The number of aromatic nitrogens is 2. The summed E-state index contributed by atoms with van der Waals surface area (Å²) in [6.07, 6.45) is 0.649. The molecule has 0 aliphatic heterocycles. The summed E-state index contributed by atoms with van der Waals surface area (Å²) in [5, 5.41) is 10.8. The second kappa shape index (κ2) is 5.19. The first kappa shape index (κ1) is 13.2.